The predicted octanol–water partition coefficient (Wildman–Crippen LogP) is 0.616. The zero-order valence-corrected chi connectivity index (χ0v) is 13.4. The average molecular weight is 329 g/mol. The maximum atomic E-state index is 11.7. The Morgan fingerprint density at radius 2 is 1.78 bits per heavy atom. The smallest absolute Gasteiger partial charge is 0.329 e. The van der Waals surface area contributed by atoms with E-state index in [1.54, 1.807) is 0 Å². The van der Waals surface area contributed by atoms with Gasteiger partial charge in [-0.15, -0.1) is 0 Å². The molecule has 0 aromatic carbocycles. The highest BCUT2D eigenvalue weighted by Gasteiger charge is 2.15. The second-order valence-electron chi connectivity index (χ2n) is 5.64. The van der Waals surface area contributed by atoms with Gasteiger partial charge < -0.3 is 25.8 Å². The van der Waals surface area contributed by atoms with Crippen LogP contribution in [0.4, 0.5) is 4.79 Å². The summed E-state index contributed by atoms with van der Waals surface area (Å²) < 4.78 is 4.80. The number of amides is 3. The van der Waals surface area contributed by atoms with Crippen LogP contribution >= 0.6 is 0 Å². The quantitative estimate of drug-likeness (QED) is 0.438. The molecule has 8 nitrogen and oxygen atoms in total. The van der Waals surface area contributed by atoms with Gasteiger partial charge in [0, 0.05) is 25.6 Å². The lowest BCUT2D eigenvalue weighted by Crippen LogP contribution is -2.43. The van der Waals surface area contributed by atoms with E-state index in [4.69, 9.17) is 9.84 Å². The molecule has 0 aromatic rings. The van der Waals surface area contributed by atoms with Gasteiger partial charge in [-0.1, -0.05) is 19.3 Å². The Labute approximate surface area is 136 Å². The Morgan fingerprint density at radius 3 is 2.48 bits per heavy atom. The lowest BCUT2D eigenvalue weighted by atomic mass is 9.96. The Bertz CT molecular complexity index is 383. The number of rotatable bonds is 10. The number of carboxylic acid groups (broad SMARTS) is 1. The zero-order valence-electron chi connectivity index (χ0n) is 13.4. The van der Waals surface area contributed by atoms with Crippen LogP contribution in [0.15, 0.2) is 0 Å². The number of aliphatic carboxylic acids is 1. The van der Waals surface area contributed by atoms with E-state index >= 15 is 0 Å². The molecule has 132 valence electrons. The monoisotopic (exact) mass is 329 g/mol. The number of carbonyl (C=O) groups is 3. The van der Waals surface area contributed by atoms with Gasteiger partial charge in [0.2, 0.25) is 5.91 Å². The second-order valence-corrected chi connectivity index (χ2v) is 5.64. The van der Waals surface area contributed by atoms with Gasteiger partial charge in [-0.05, 0) is 19.3 Å². The van der Waals surface area contributed by atoms with Crippen molar-refractivity contribution in [1.29, 1.82) is 0 Å². The molecule has 3 amide bonds. The summed E-state index contributed by atoms with van der Waals surface area (Å²) in [6.45, 7) is 0.527. The van der Waals surface area contributed by atoms with Gasteiger partial charge in [0.25, 0.3) is 0 Å². The summed E-state index contributed by atoms with van der Waals surface area (Å²) in [5.41, 5.74) is 0. The molecular formula is C15H27N3O5. The van der Waals surface area contributed by atoms with Gasteiger partial charge in [0.05, 0.1) is 6.61 Å². The van der Waals surface area contributed by atoms with Gasteiger partial charge in [0.1, 0.15) is 6.61 Å². The lowest BCUT2D eigenvalue weighted by Gasteiger charge is -2.22. The van der Waals surface area contributed by atoms with Crippen LogP contribution in [0.3, 0.4) is 0 Å². The van der Waals surface area contributed by atoms with Gasteiger partial charge in [-0.25, -0.2) is 9.59 Å². The van der Waals surface area contributed by atoms with E-state index in [9.17, 15) is 14.4 Å². The molecule has 0 heterocycles. The molecule has 0 atom stereocenters. The Morgan fingerprint density at radius 1 is 1.04 bits per heavy atom. The molecule has 8 heteroatoms. The van der Waals surface area contributed by atoms with E-state index in [2.05, 4.69) is 16.0 Å². The molecule has 0 saturated heterocycles. The molecule has 0 bridgehead atoms. The Hall–Kier alpha value is -1.83. The SMILES string of the molecule is O=C(O)COCCNC(=O)CCCNC(=O)NC1CCCCC1. The average Bonchev–Trinajstić information content (AvgIpc) is 2.52. The molecule has 0 aromatic heterocycles. The summed E-state index contributed by atoms with van der Waals surface area (Å²) in [5, 5.41) is 16.7. The first kappa shape index (κ1) is 19.2. The second kappa shape index (κ2) is 11.7. The van der Waals surface area contributed by atoms with E-state index in [1.165, 1.54) is 19.3 Å². The molecule has 4 N–H and O–H groups in total. The molecule has 0 unspecified atom stereocenters. The van der Waals surface area contributed by atoms with E-state index in [0.717, 1.165) is 12.8 Å². The van der Waals surface area contributed by atoms with Crippen LogP contribution in [0.5, 0.6) is 0 Å². The normalized spacial score (nSPS) is 15.0. The fourth-order valence-corrected chi connectivity index (χ4v) is 2.44. The van der Waals surface area contributed by atoms with Gasteiger partial charge >= 0.3 is 12.0 Å². The standard InChI is InChI=1S/C15H27N3O5/c19-13(16-9-10-23-11-14(20)21)7-4-8-17-15(22)18-12-5-2-1-3-6-12/h12H,1-11H2,(H,16,19)(H,20,21)(H2,17,18,22). The van der Waals surface area contributed by atoms with Gasteiger partial charge in [0.15, 0.2) is 0 Å². The minimum atomic E-state index is -1.03. The lowest BCUT2D eigenvalue weighted by molar-refractivity contribution is -0.142. The molecule has 0 aliphatic heterocycles. The largest absolute Gasteiger partial charge is 0.480 e. The molecule has 0 spiro atoms. The van der Waals surface area contributed by atoms with Gasteiger partial charge in [-0.2, -0.15) is 0 Å². The van der Waals surface area contributed by atoms with E-state index < -0.39 is 5.97 Å². The summed E-state index contributed by atoms with van der Waals surface area (Å²) >= 11 is 0. The summed E-state index contributed by atoms with van der Waals surface area (Å²) in [4.78, 5) is 33.4. The molecule has 1 rings (SSSR count). The van der Waals surface area contributed by atoms with Crippen molar-refractivity contribution in [1.82, 2.24) is 16.0 Å². The van der Waals surface area contributed by atoms with Crippen LogP contribution < -0.4 is 16.0 Å². The molecule has 1 fully saturated rings. The van der Waals surface area contributed by atoms with E-state index in [1.807, 2.05) is 0 Å². The van der Waals surface area contributed by atoms with E-state index in [0.29, 0.717) is 19.4 Å². The van der Waals surface area contributed by atoms with Crippen LogP contribution in [0.2, 0.25) is 0 Å². The van der Waals surface area contributed by atoms with Crippen LogP contribution in [0.1, 0.15) is 44.9 Å². The first-order valence-corrected chi connectivity index (χ1v) is 8.18. The Balaban J connectivity index is 1.93. The topological polar surface area (TPSA) is 117 Å². The fraction of sp³-hybridized carbons (Fsp3) is 0.800. The highest BCUT2D eigenvalue weighted by molar-refractivity contribution is 5.76. The van der Waals surface area contributed by atoms with Crippen LogP contribution in [0.25, 0.3) is 0 Å². The number of hydrogen-bond acceptors (Lipinski definition) is 4. The summed E-state index contributed by atoms with van der Waals surface area (Å²) in [6.07, 6.45) is 6.53. The van der Waals surface area contributed by atoms with Crippen molar-refractivity contribution >= 4 is 17.9 Å². The molecule has 1 saturated carbocycles. The van der Waals surface area contributed by atoms with Crippen molar-refractivity contribution in [3.05, 3.63) is 0 Å². The minimum absolute atomic E-state index is 0.140. The molecular weight excluding hydrogens is 302 g/mol. The molecule has 1 aliphatic carbocycles. The van der Waals surface area contributed by atoms with Crippen molar-refractivity contribution in [2.45, 2.75) is 51.0 Å². The predicted molar refractivity (Wildman–Crippen MR) is 84.1 cm³/mol. The van der Waals surface area contributed by atoms with Crippen molar-refractivity contribution < 1.29 is 24.2 Å². The highest BCUT2D eigenvalue weighted by Crippen LogP contribution is 2.17. The van der Waals surface area contributed by atoms with Crippen LogP contribution in [-0.2, 0) is 14.3 Å². The fourth-order valence-electron chi connectivity index (χ4n) is 2.44. The third kappa shape index (κ3) is 10.5. The van der Waals surface area contributed by atoms with Gasteiger partial charge in [-0.3, -0.25) is 4.79 Å². The number of urea groups is 1. The first-order valence-electron chi connectivity index (χ1n) is 8.18. The first-order chi connectivity index (χ1) is 11.1. The van der Waals surface area contributed by atoms with Crippen molar-refractivity contribution in [2.75, 3.05) is 26.3 Å². The maximum absolute atomic E-state index is 11.7. The van der Waals surface area contributed by atoms with Crippen LogP contribution in [-0.4, -0.2) is 55.4 Å². The molecule has 1 aliphatic rings. The van der Waals surface area contributed by atoms with E-state index in [-0.39, 0.29) is 37.7 Å². The number of ether oxygens (including phenoxy) is 1. The summed E-state index contributed by atoms with van der Waals surface area (Å²) in [7, 11) is 0. The van der Waals surface area contributed by atoms with Crippen molar-refractivity contribution in [3.63, 3.8) is 0 Å². The van der Waals surface area contributed by atoms with Crippen LogP contribution in [0, 0.1) is 0 Å². The number of carbonyl (C=O) groups excluding carboxylic acids is 2. The highest BCUT2D eigenvalue weighted by atomic mass is 16.5. The summed E-state index contributed by atoms with van der Waals surface area (Å²) in [5.74, 6) is -1.17. The van der Waals surface area contributed by atoms with Crippen molar-refractivity contribution in [2.24, 2.45) is 0 Å². The molecule has 23 heavy (non-hydrogen) atoms. The van der Waals surface area contributed by atoms with Crippen molar-refractivity contribution in [3.8, 4) is 0 Å². The number of nitrogens with one attached hydrogen (secondary N) is 3. The minimum Gasteiger partial charge on any atom is -0.480 e. The molecule has 0 radical (unpaired) electrons. The third-order valence-corrected chi connectivity index (χ3v) is 3.60. The summed E-state index contributed by atoms with van der Waals surface area (Å²) in [6, 6.07) is 0.109. The number of carboxylic acids is 1. The zero-order chi connectivity index (χ0) is 16.9. The third-order valence-electron chi connectivity index (χ3n) is 3.60. The maximum Gasteiger partial charge on any atom is 0.329 e. The number of hydrogen-bond donors (Lipinski definition) is 4. The Kier molecular flexibility index (Phi) is 9.78.